The molecule has 0 bridgehead atoms. The average molecular weight is 433 g/mol. The van der Waals surface area contributed by atoms with Gasteiger partial charge in [0.25, 0.3) is 0 Å². The highest BCUT2D eigenvalue weighted by molar-refractivity contribution is 7.99. The van der Waals surface area contributed by atoms with Crippen molar-refractivity contribution in [1.82, 2.24) is 5.32 Å². The molecule has 0 spiro atoms. The average Bonchev–Trinajstić information content (AvgIpc) is 3.32. The molecule has 4 nitrogen and oxygen atoms in total. The van der Waals surface area contributed by atoms with Crippen LogP contribution in [0, 0.1) is 5.41 Å². The number of amidine groups is 2. The molecule has 6 heteroatoms. The van der Waals surface area contributed by atoms with Gasteiger partial charge >= 0.3 is 0 Å². The molecule has 0 aromatic heterocycles. The van der Waals surface area contributed by atoms with E-state index in [1.165, 1.54) is 20.9 Å². The lowest BCUT2D eigenvalue weighted by Crippen LogP contribution is -2.19. The zero-order valence-electron chi connectivity index (χ0n) is 16.6. The van der Waals surface area contributed by atoms with E-state index in [9.17, 15) is 0 Å². The van der Waals surface area contributed by atoms with Crippen LogP contribution in [-0.2, 0) is 11.5 Å². The van der Waals surface area contributed by atoms with Crippen molar-refractivity contribution in [3.8, 4) is 0 Å². The van der Waals surface area contributed by atoms with Gasteiger partial charge in [-0.05, 0) is 29.3 Å². The third-order valence-corrected chi connectivity index (χ3v) is 6.91. The second-order valence-electron chi connectivity index (χ2n) is 7.02. The molecule has 4 rings (SSSR count). The van der Waals surface area contributed by atoms with Crippen LogP contribution in [0.15, 0.2) is 87.6 Å². The summed E-state index contributed by atoms with van der Waals surface area (Å²) in [6.07, 6.45) is 0. The number of rotatable bonds is 8. The molecule has 1 aliphatic rings. The minimum atomic E-state index is 0.109. The van der Waals surface area contributed by atoms with Crippen LogP contribution in [0.1, 0.15) is 22.3 Å². The number of hydrogen-bond donors (Lipinski definition) is 3. The van der Waals surface area contributed by atoms with Crippen LogP contribution < -0.4 is 11.1 Å². The molecule has 0 fully saturated rings. The first-order chi connectivity index (χ1) is 14.7. The van der Waals surface area contributed by atoms with Crippen molar-refractivity contribution >= 4 is 35.2 Å². The summed E-state index contributed by atoms with van der Waals surface area (Å²) in [4.78, 5) is 7.01. The second-order valence-corrected chi connectivity index (χ2v) is 9.11. The lowest BCUT2D eigenvalue weighted by Gasteiger charge is -2.07. The Bertz CT molecular complexity index is 1040. The molecule has 1 aliphatic heterocycles. The zero-order chi connectivity index (χ0) is 20.8. The van der Waals surface area contributed by atoms with Crippen LogP contribution in [-0.4, -0.2) is 24.8 Å². The summed E-state index contributed by atoms with van der Waals surface area (Å²) in [7, 11) is 0. The summed E-state index contributed by atoms with van der Waals surface area (Å²) in [5, 5.41) is 10.8. The molecule has 3 aromatic carbocycles. The first kappa shape index (κ1) is 20.6. The Balaban J connectivity index is 1.31. The molecule has 0 aliphatic carbocycles. The van der Waals surface area contributed by atoms with Crippen molar-refractivity contribution in [1.29, 1.82) is 5.41 Å². The maximum Gasteiger partial charge on any atom is 0.128 e. The first-order valence-electron chi connectivity index (χ1n) is 9.84. The van der Waals surface area contributed by atoms with E-state index < -0.39 is 0 Å². The van der Waals surface area contributed by atoms with Crippen molar-refractivity contribution in [3.63, 3.8) is 0 Å². The van der Waals surface area contributed by atoms with Gasteiger partial charge in [0.05, 0.1) is 6.54 Å². The number of hydrogen-bond acceptors (Lipinski definition) is 5. The second kappa shape index (κ2) is 9.87. The van der Waals surface area contributed by atoms with Crippen LogP contribution in [0.25, 0.3) is 0 Å². The lowest BCUT2D eigenvalue weighted by atomic mass is 10.1. The van der Waals surface area contributed by atoms with E-state index in [-0.39, 0.29) is 5.84 Å². The SMILES string of the molecule is N=C(N)c1ccc(CSc2cccc(SCc3ccc(C4=NCCN4)cc3)c2)cc1. The summed E-state index contributed by atoms with van der Waals surface area (Å²) < 4.78 is 0. The quantitative estimate of drug-likeness (QED) is 0.269. The molecule has 0 unspecified atom stereocenters. The summed E-state index contributed by atoms with van der Waals surface area (Å²) in [5.41, 5.74) is 9.99. The molecule has 152 valence electrons. The highest BCUT2D eigenvalue weighted by Gasteiger charge is 2.07. The molecule has 0 atom stereocenters. The highest BCUT2D eigenvalue weighted by atomic mass is 32.2. The highest BCUT2D eigenvalue weighted by Crippen LogP contribution is 2.29. The number of benzene rings is 3. The van der Waals surface area contributed by atoms with Crippen molar-refractivity contribution in [2.24, 2.45) is 10.7 Å². The normalized spacial score (nSPS) is 13.0. The zero-order valence-corrected chi connectivity index (χ0v) is 18.2. The number of nitrogens with two attached hydrogens (primary N) is 1. The molecular formula is C24H24N4S2. The van der Waals surface area contributed by atoms with E-state index in [1.54, 1.807) is 0 Å². The van der Waals surface area contributed by atoms with Crippen LogP contribution in [0.4, 0.5) is 0 Å². The van der Waals surface area contributed by atoms with Crippen molar-refractivity contribution in [2.45, 2.75) is 21.3 Å². The number of thioether (sulfide) groups is 2. The molecule has 1 heterocycles. The van der Waals surface area contributed by atoms with Gasteiger partial charge in [0.15, 0.2) is 0 Å². The van der Waals surface area contributed by atoms with E-state index in [0.29, 0.717) is 0 Å². The predicted molar refractivity (Wildman–Crippen MR) is 129 cm³/mol. The van der Waals surface area contributed by atoms with Crippen molar-refractivity contribution < 1.29 is 0 Å². The van der Waals surface area contributed by atoms with Gasteiger partial charge in [-0.15, -0.1) is 23.5 Å². The van der Waals surface area contributed by atoms with E-state index in [2.05, 4.69) is 58.8 Å². The standard InChI is InChI=1S/C24H24N4S2/c25-23(26)19-8-4-17(5-9-19)15-29-21-2-1-3-22(14-21)30-16-18-6-10-20(11-7-18)24-27-12-13-28-24/h1-11,14H,12-13,15-16H2,(H3,25,26)(H,27,28). The van der Waals surface area contributed by atoms with E-state index in [1.807, 2.05) is 47.8 Å². The number of aliphatic imine (C=N–C) groups is 1. The van der Waals surface area contributed by atoms with Crippen LogP contribution in [0.3, 0.4) is 0 Å². The minimum Gasteiger partial charge on any atom is -0.384 e. The Morgan fingerprint density at radius 3 is 2.03 bits per heavy atom. The first-order valence-corrected chi connectivity index (χ1v) is 11.8. The fraction of sp³-hybridized carbons (Fsp3) is 0.167. The molecule has 3 aromatic rings. The fourth-order valence-corrected chi connectivity index (χ4v) is 5.01. The van der Waals surface area contributed by atoms with Gasteiger partial charge in [-0.3, -0.25) is 10.4 Å². The maximum absolute atomic E-state index is 7.48. The van der Waals surface area contributed by atoms with E-state index in [0.717, 1.165) is 41.6 Å². The summed E-state index contributed by atoms with van der Waals surface area (Å²) >= 11 is 3.68. The molecule has 0 saturated carbocycles. The maximum atomic E-state index is 7.48. The Kier molecular flexibility index (Phi) is 6.77. The smallest absolute Gasteiger partial charge is 0.128 e. The van der Waals surface area contributed by atoms with Gasteiger partial charge < -0.3 is 11.1 Å². The summed E-state index contributed by atoms with van der Waals surface area (Å²) in [6.45, 7) is 1.80. The van der Waals surface area contributed by atoms with Gasteiger partial charge in [0.1, 0.15) is 11.7 Å². The molecule has 30 heavy (non-hydrogen) atoms. The van der Waals surface area contributed by atoms with Gasteiger partial charge in [-0.1, -0.05) is 54.6 Å². The molecule has 4 N–H and O–H groups in total. The Hall–Kier alpha value is -2.70. The third-order valence-electron chi connectivity index (χ3n) is 4.78. The third kappa shape index (κ3) is 5.46. The van der Waals surface area contributed by atoms with Gasteiger partial charge in [0.2, 0.25) is 0 Å². The Labute approximate surface area is 185 Å². The van der Waals surface area contributed by atoms with Crippen LogP contribution in [0.2, 0.25) is 0 Å². The van der Waals surface area contributed by atoms with Gasteiger partial charge in [0, 0.05) is 39.0 Å². The number of nitrogens with one attached hydrogen (secondary N) is 2. The summed E-state index contributed by atoms with van der Waals surface area (Å²) in [6, 6.07) is 25.3. The van der Waals surface area contributed by atoms with Crippen LogP contribution >= 0.6 is 23.5 Å². The largest absolute Gasteiger partial charge is 0.384 e. The van der Waals surface area contributed by atoms with E-state index >= 15 is 0 Å². The minimum absolute atomic E-state index is 0.109. The molecule has 0 amide bonds. The number of nitrogens with zero attached hydrogens (tertiary/aromatic N) is 1. The van der Waals surface area contributed by atoms with Crippen molar-refractivity contribution in [2.75, 3.05) is 13.1 Å². The molecule has 0 radical (unpaired) electrons. The Morgan fingerprint density at radius 2 is 1.50 bits per heavy atom. The van der Waals surface area contributed by atoms with Crippen molar-refractivity contribution in [3.05, 3.63) is 95.1 Å². The predicted octanol–water partition coefficient (Wildman–Crippen LogP) is 4.91. The van der Waals surface area contributed by atoms with Gasteiger partial charge in [-0.25, -0.2) is 0 Å². The molecule has 0 saturated heterocycles. The van der Waals surface area contributed by atoms with E-state index in [4.69, 9.17) is 11.1 Å². The Morgan fingerprint density at radius 1 is 0.900 bits per heavy atom. The topological polar surface area (TPSA) is 74.3 Å². The lowest BCUT2D eigenvalue weighted by molar-refractivity contribution is 0.960. The monoisotopic (exact) mass is 432 g/mol. The number of nitrogen functional groups attached to an aromatic ring is 1. The fourth-order valence-electron chi connectivity index (χ4n) is 3.12. The van der Waals surface area contributed by atoms with Crippen LogP contribution in [0.5, 0.6) is 0 Å². The summed E-state index contributed by atoms with van der Waals surface area (Å²) in [5.74, 6) is 2.96. The van der Waals surface area contributed by atoms with Gasteiger partial charge in [-0.2, -0.15) is 0 Å². The molecular weight excluding hydrogens is 408 g/mol.